The van der Waals surface area contributed by atoms with Crippen LogP contribution < -0.4 is 16.5 Å². The Morgan fingerprint density at radius 2 is 2.09 bits per heavy atom. The molecule has 7 nitrogen and oxygen atoms in total. The van der Waals surface area contributed by atoms with Gasteiger partial charge in [-0.2, -0.15) is 0 Å². The molecule has 0 radical (unpaired) electrons. The molecule has 1 aliphatic rings. The third kappa shape index (κ3) is 5.67. The summed E-state index contributed by atoms with van der Waals surface area (Å²) in [5.74, 6) is -1.17. The maximum absolute atomic E-state index is 14.2. The Morgan fingerprint density at radius 3 is 2.72 bits per heavy atom. The lowest BCUT2D eigenvalue weighted by Gasteiger charge is -2.20. The summed E-state index contributed by atoms with van der Waals surface area (Å²) in [5, 5.41) is 11.9. The lowest BCUT2D eigenvalue weighted by molar-refractivity contribution is 0.0702. The third-order valence-electron chi connectivity index (χ3n) is 4.79. The first-order valence-corrected chi connectivity index (χ1v) is 10.2. The number of carbonyl (C=O) groups is 1. The number of amides is 1. The van der Waals surface area contributed by atoms with E-state index in [0.717, 1.165) is 5.57 Å². The lowest BCUT2D eigenvalue weighted by Crippen LogP contribution is -2.19. The maximum atomic E-state index is 14.2. The number of nitrogens with one attached hydrogen (secondary N) is 2. The molecule has 1 aromatic heterocycles. The van der Waals surface area contributed by atoms with Gasteiger partial charge in [-0.3, -0.25) is 15.0 Å². The monoisotopic (exact) mass is 437 g/mol. The van der Waals surface area contributed by atoms with E-state index in [9.17, 15) is 9.18 Å². The molecular formula is C24H28FN5O2. The molecule has 1 amide bonds. The minimum Gasteiger partial charge on any atom is -0.396 e. The summed E-state index contributed by atoms with van der Waals surface area (Å²) in [5.41, 5.74) is 9.60. The number of anilines is 2. The summed E-state index contributed by atoms with van der Waals surface area (Å²) in [6.07, 6.45) is 7.81. The van der Waals surface area contributed by atoms with Crippen molar-refractivity contribution < 1.29 is 14.4 Å². The van der Waals surface area contributed by atoms with Gasteiger partial charge in [-0.25, -0.2) is 14.9 Å². The summed E-state index contributed by atoms with van der Waals surface area (Å²) in [7, 11) is 0. The van der Waals surface area contributed by atoms with Crippen LogP contribution in [0.5, 0.6) is 0 Å². The van der Waals surface area contributed by atoms with Crippen molar-refractivity contribution in [2.24, 2.45) is 10.9 Å². The zero-order valence-electron chi connectivity index (χ0n) is 18.2. The van der Waals surface area contributed by atoms with Gasteiger partial charge in [0.1, 0.15) is 11.6 Å². The zero-order chi connectivity index (χ0) is 23.7. The van der Waals surface area contributed by atoms with Crippen molar-refractivity contribution in [2.75, 3.05) is 17.6 Å². The molecule has 1 aromatic carbocycles. The predicted molar refractivity (Wildman–Crippen MR) is 127 cm³/mol. The van der Waals surface area contributed by atoms with Crippen molar-refractivity contribution in [1.29, 1.82) is 0 Å². The van der Waals surface area contributed by atoms with Crippen LogP contribution in [-0.2, 0) is 0 Å². The van der Waals surface area contributed by atoms with Gasteiger partial charge < -0.3 is 11.1 Å². The minimum absolute atomic E-state index is 0.0245. The Balaban J connectivity index is 0.00000176. The zero-order valence-corrected chi connectivity index (χ0v) is 18.2. The van der Waals surface area contributed by atoms with E-state index in [1.807, 2.05) is 32.1 Å². The molecule has 2 aromatic rings. The number of hydroxylamine groups is 1. The summed E-state index contributed by atoms with van der Waals surface area (Å²) >= 11 is 0. The number of carbonyl (C=O) groups excluding carboxylic acids is 1. The number of nitrogens with two attached hydrogens (primary N) is 1. The van der Waals surface area contributed by atoms with Gasteiger partial charge >= 0.3 is 0 Å². The first kappa shape index (κ1) is 24.5. The minimum atomic E-state index is -0.924. The first-order chi connectivity index (χ1) is 15.5. The fraction of sp³-hybridized carbons (Fsp3) is 0.208. The van der Waals surface area contributed by atoms with Crippen molar-refractivity contribution in [1.82, 2.24) is 10.5 Å². The van der Waals surface area contributed by atoms with Crippen LogP contribution in [0.25, 0.3) is 11.3 Å². The van der Waals surface area contributed by atoms with Crippen LogP contribution >= 0.6 is 0 Å². The number of aromatic nitrogens is 1. The molecule has 0 fully saturated rings. The Morgan fingerprint density at radius 1 is 1.34 bits per heavy atom. The molecule has 8 heteroatoms. The number of rotatable bonds is 7. The Hall–Kier alpha value is -3.78. The number of nitrogens with zero attached hydrogens (tertiary/aromatic N) is 2. The molecule has 0 spiro atoms. The first-order valence-electron chi connectivity index (χ1n) is 10.2. The van der Waals surface area contributed by atoms with Crippen LogP contribution in [0.4, 0.5) is 15.9 Å². The number of hydrogen-bond acceptors (Lipinski definition) is 6. The number of benzene rings is 1. The number of halogens is 1. The Kier molecular flexibility index (Phi) is 8.85. The van der Waals surface area contributed by atoms with E-state index in [1.54, 1.807) is 18.2 Å². The molecule has 0 aliphatic heterocycles. The van der Waals surface area contributed by atoms with Crippen LogP contribution in [0.15, 0.2) is 71.8 Å². The maximum Gasteiger partial charge on any atom is 0.277 e. The normalized spacial score (nSPS) is 16.8. The summed E-state index contributed by atoms with van der Waals surface area (Å²) in [4.78, 5) is 20.0. The molecule has 0 saturated carbocycles. The van der Waals surface area contributed by atoms with Crippen molar-refractivity contribution in [3.8, 4) is 11.3 Å². The average molecular weight is 438 g/mol. The molecule has 2 unspecified atom stereocenters. The highest BCUT2D eigenvalue weighted by Gasteiger charge is 2.17. The van der Waals surface area contributed by atoms with Gasteiger partial charge in [0.05, 0.1) is 23.0 Å². The molecule has 3 rings (SSSR count). The highest BCUT2D eigenvalue weighted by atomic mass is 19.1. The second-order valence-corrected chi connectivity index (χ2v) is 6.71. The van der Waals surface area contributed by atoms with E-state index in [2.05, 4.69) is 34.7 Å². The molecule has 1 aliphatic carbocycles. The molecular weight excluding hydrogens is 409 g/mol. The fourth-order valence-electron chi connectivity index (χ4n) is 3.14. The van der Waals surface area contributed by atoms with E-state index in [0.29, 0.717) is 29.3 Å². The van der Waals surface area contributed by atoms with Crippen LogP contribution in [0.3, 0.4) is 0 Å². The van der Waals surface area contributed by atoms with Gasteiger partial charge in [0.15, 0.2) is 0 Å². The van der Waals surface area contributed by atoms with E-state index < -0.39 is 11.7 Å². The smallest absolute Gasteiger partial charge is 0.277 e. The molecule has 0 saturated heterocycles. The van der Waals surface area contributed by atoms with E-state index >= 15 is 0 Å². The third-order valence-corrected chi connectivity index (χ3v) is 4.79. The molecule has 0 bridgehead atoms. The lowest BCUT2D eigenvalue weighted by atomic mass is 9.92. The van der Waals surface area contributed by atoms with Crippen LogP contribution in [-0.4, -0.2) is 35.4 Å². The van der Waals surface area contributed by atoms with Gasteiger partial charge in [0, 0.05) is 18.0 Å². The second kappa shape index (κ2) is 11.6. The molecule has 2 atom stereocenters. The van der Waals surface area contributed by atoms with Crippen LogP contribution in [0.2, 0.25) is 0 Å². The highest BCUT2D eigenvalue weighted by Crippen LogP contribution is 2.26. The molecule has 1 heterocycles. The number of nitrogen functional groups attached to an aromatic ring is 1. The number of hydrogen-bond donors (Lipinski definition) is 4. The van der Waals surface area contributed by atoms with Crippen molar-refractivity contribution >= 4 is 24.1 Å². The van der Waals surface area contributed by atoms with Crippen LogP contribution in [0, 0.1) is 11.7 Å². The van der Waals surface area contributed by atoms with Crippen molar-refractivity contribution in [3.05, 3.63) is 78.2 Å². The second-order valence-electron chi connectivity index (χ2n) is 6.71. The SMILES string of the molecule is C=CC1C=C(CNc2nc(-c3ccc(C(=O)NO)c(F)c3)ccc2N)C=CC1N=C.CC. The summed E-state index contributed by atoms with van der Waals surface area (Å²) in [6, 6.07) is 7.30. The molecule has 168 valence electrons. The Bertz CT molecular complexity index is 1050. The predicted octanol–water partition coefficient (Wildman–Crippen LogP) is 4.39. The number of pyridine rings is 1. The van der Waals surface area contributed by atoms with Crippen molar-refractivity contribution in [3.63, 3.8) is 0 Å². The average Bonchev–Trinajstić information content (AvgIpc) is 2.84. The fourth-order valence-corrected chi connectivity index (χ4v) is 3.14. The van der Waals surface area contributed by atoms with Crippen LogP contribution in [0.1, 0.15) is 24.2 Å². The largest absolute Gasteiger partial charge is 0.396 e. The van der Waals surface area contributed by atoms with E-state index in [-0.39, 0.29) is 17.5 Å². The van der Waals surface area contributed by atoms with Crippen molar-refractivity contribution in [2.45, 2.75) is 19.9 Å². The topological polar surface area (TPSA) is 113 Å². The molecule has 5 N–H and O–H groups in total. The van der Waals surface area contributed by atoms with Gasteiger partial charge in [-0.1, -0.05) is 44.2 Å². The quantitative estimate of drug-likeness (QED) is 0.222. The number of aliphatic imine (C=N–C) groups is 1. The van der Waals surface area contributed by atoms with Gasteiger partial charge in [-0.05, 0) is 36.6 Å². The summed E-state index contributed by atoms with van der Waals surface area (Å²) in [6.45, 7) is 11.9. The van der Waals surface area contributed by atoms with E-state index in [4.69, 9.17) is 10.9 Å². The Labute approximate surface area is 187 Å². The molecule has 32 heavy (non-hydrogen) atoms. The highest BCUT2D eigenvalue weighted by molar-refractivity contribution is 5.94. The van der Waals surface area contributed by atoms with Gasteiger partial charge in [0.2, 0.25) is 0 Å². The van der Waals surface area contributed by atoms with Gasteiger partial charge in [0.25, 0.3) is 5.91 Å². The van der Waals surface area contributed by atoms with Gasteiger partial charge in [-0.15, -0.1) is 6.58 Å². The summed E-state index contributed by atoms with van der Waals surface area (Å²) < 4.78 is 14.2. The van der Waals surface area contributed by atoms with E-state index in [1.165, 1.54) is 17.6 Å². The standard InChI is InChI=1S/C22H22FN5O2.C2H6/c1-3-14-10-13(4-8-19(14)25-2)12-26-21-18(24)7-9-20(27-21)15-5-6-16(17(23)11-15)22(29)28-30;1-2/h3-11,14,19,30H,1-2,12,24H2,(H,26,27)(H,28,29);1-2H3.